The van der Waals surface area contributed by atoms with E-state index in [1.807, 2.05) is 17.4 Å². The van der Waals surface area contributed by atoms with Crippen LogP contribution in [-0.2, 0) is 0 Å². The molecular weight excluding hydrogens is 743 g/mol. The number of hydrogen-bond acceptors (Lipinski definition) is 4. The average Bonchev–Trinajstić information content (AvgIpc) is 4.10. The number of nitrogens with zero attached hydrogens (tertiary/aromatic N) is 1. The summed E-state index contributed by atoms with van der Waals surface area (Å²) in [6, 6.07) is 62.7. The molecule has 0 saturated carbocycles. The summed E-state index contributed by atoms with van der Waals surface area (Å²) in [4.78, 5) is 0. The Morgan fingerprint density at radius 1 is 0.356 bits per heavy atom. The second-order valence-corrected chi connectivity index (χ2v) is 16.6. The van der Waals surface area contributed by atoms with Gasteiger partial charge in [-0.05, 0) is 71.8 Å². The molecule has 0 N–H and O–H groups in total. The molecular formula is C54H29NO3S. The lowest BCUT2D eigenvalue weighted by atomic mass is 9.97. The van der Waals surface area contributed by atoms with Gasteiger partial charge in [-0.2, -0.15) is 0 Å². The van der Waals surface area contributed by atoms with E-state index >= 15 is 0 Å². The van der Waals surface area contributed by atoms with Crippen LogP contribution in [0.4, 0.5) is 0 Å². The SMILES string of the molecule is c1cc(-c2ccc3c(c2)oc2c(-c4cccc5c4sc4ccccc45)cccc23)c2c(c1)oc1c2ccc2c3ccc(-n4c5ccccc5c5ccccc54)cc3oc21. The maximum absolute atomic E-state index is 6.84. The predicted octanol–water partition coefficient (Wildman–Crippen LogP) is 16.2. The second-order valence-electron chi connectivity index (χ2n) is 15.5. The van der Waals surface area contributed by atoms with Gasteiger partial charge in [0.05, 0.1) is 11.0 Å². The van der Waals surface area contributed by atoms with Crippen molar-refractivity contribution in [1.29, 1.82) is 0 Å². The van der Waals surface area contributed by atoms with Gasteiger partial charge in [0.2, 0.25) is 0 Å². The van der Waals surface area contributed by atoms with E-state index in [0.717, 1.165) is 88.2 Å². The molecule has 0 spiro atoms. The first-order valence-corrected chi connectivity index (χ1v) is 20.7. The summed E-state index contributed by atoms with van der Waals surface area (Å²) in [6.45, 7) is 0. The van der Waals surface area contributed by atoms with Crippen LogP contribution in [0.2, 0.25) is 0 Å². The van der Waals surface area contributed by atoms with Crippen molar-refractivity contribution in [2.75, 3.05) is 0 Å². The summed E-state index contributed by atoms with van der Waals surface area (Å²) in [5.41, 5.74) is 12.8. The van der Waals surface area contributed by atoms with Crippen molar-refractivity contribution in [3.05, 3.63) is 176 Å². The van der Waals surface area contributed by atoms with Crippen LogP contribution in [0, 0.1) is 0 Å². The van der Waals surface area contributed by atoms with E-state index in [4.69, 9.17) is 13.3 Å². The molecule has 5 heteroatoms. The standard InChI is InChI=1S/C54H29NO3S/c1-4-18-44-33(10-1)34-11-2-5-19-45(34)55(44)31-23-25-36-40-26-27-43-50-32(13-9-20-46(50)56-53(43)52(40)58-48(36)29-31)30-22-24-35-38-14-7-15-39(51(38)57-47(35)28-30)42-17-8-16-41-37-12-3-6-21-49(37)59-54(41)42/h1-29H. The van der Waals surface area contributed by atoms with Gasteiger partial charge in [0.1, 0.15) is 22.3 Å². The second kappa shape index (κ2) is 11.5. The topological polar surface area (TPSA) is 44.4 Å². The molecule has 4 nitrogen and oxygen atoms in total. The van der Waals surface area contributed by atoms with Crippen LogP contribution in [0.25, 0.3) is 136 Å². The van der Waals surface area contributed by atoms with Crippen LogP contribution in [-0.4, -0.2) is 4.57 Å². The summed E-state index contributed by atoms with van der Waals surface area (Å²) in [5.74, 6) is 0. The molecule has 0 aliphatic heterocycles. The summed E-state index contributed by atoms with van der Waals surface area (Å²) in [7, 11) is 0. The van der Waals surface area contributed by atoms with Gasteiger partial charge in [0.15, 0.2) is 11.2 Å². The number of thiophene rings is 1. The van der Waals surface area contributed by atoms with Gasteiger partial charge >= 0.3 is 0 Å². The Labute approximate surface area is 339 Å². The predicted molar refractivity (Wildman–Crippen MR) is 246 cm³/mol. The Bertz CT molecular complexity index is 4040. The molecule has 0 amide bonds. The van der Waals surface area contributed by atoms with E-state index in [1.54, 1.807) is 0 Å². The number of hydrogen-bond donors (Lipinski definition) is 0. The monoisotopic (exact) mass is 771 g/mol. The minimum atomic E-state index is 0.754. The van der Waals surface area contributed by atoms with Gasteiger partial charge in [0.25, 0.3) is 0 Å². The highest BCUT2D eigenvalue weighted by molar-refractivity contribution is 7.26. The van der Waals surface area contributed by atoms with Gasteiger partial charge in [-0.1, -0.05) is 109 Å². The zero-order valence-corrected chi connectivity index (χ0v) is 32.1. The van der Waals surface area contributed by atoms with Crippen molar-refractivity contribution in [2.45, 2.75) is 0 Å². The van der Waals surface area contributed by atoms with Gasteiger partial charge in [-0.3, -0.25) is 0 Å². The Morgan fingerprint density at radius 2 is 0.932 bits per heavy atom. The molecule has 59 heavy (non-hydrogen) atoms. The zero-order chi connectivity index (χ0) is 38.3. The first-order chi connectivity index (χ1) is 29.2. The molecule has 14 rings (SSSR count). The van der Waals surface area contributed by atoms with Crippen LogP contribution in [0.1, 0.15) is 0 Å². The minimum absolute atomic E-state index is 0.754. The minimum Gasteiger partial charge on any atom is -0.455 e. The average molecular weight is 772 g/mol. The van der Waals surface area contributed by atoms with E-state index in [0.29, 0.717) is 0 Å². The van der Waals surface area contributed by atoms with E-state index in [-0.39, 0.29) is 0 Å². The fourth-order valence-electron chi connectivity index (χ4n) is 9.82. The largest absolute Gasteiger partial charge is 0.455 e. The third kappa shape index (κ3) is 4.26. The molecule has 5 heterocycles. The molecule has 0 fully saturated rings. The van der Waals surface area contributed by atoms with Crippen molar-refractivity contribution in [1.82, 2.24) is 4.57 Å². The maximum Gasteiger partial charge on any atom is 0.178 e. The number of fused-ring (bicyclic) bond motifs is 16. The van der Waals surface area contributed by atoms with Crippen molar-refractivity contribution in [3.8, 4) is 27.9 Å². The van der Waals surface area contributed by atoms with E-state index in [2.05, 4.69) is 174 Å². The maximum atomic E-state index is 6.84. The van der Waals surface area contributed by atoms with E-state index in [9.17, 15) is 0 Å². The summed E-state index contributed by atoms with van der Waals surface area (Å²) in [5, 5.41) is 11.4. The van der Waals surface area contributed by atoms with Gasteiger partial charge in [0, 0.05) is 86.1 Å². The molecule has 0 unspecified atom stereocenters. The van der Waals surface area contributed by atoms with Gasteiger partial charge in [-0.25, -0.2) is 0 Å². The van der Waals surface area contributed by atoms with Crippen molar-refractivity contribution >= 4 is 119 Å². The normalized spacial score (nSPS) is 12.4. The first-order valence-electron chi connectivity index (χ1n) is 19.9. The molecule has 0 radical (unpaired) electrons. The molecule has 9 aromatic carbocycles. The quantitative estimate of drug-likeness (QED) is 0.180. The fourth-order valence-corrected chi connectivity index (χ4v) is 11.1. The highest BCUT2D eigenvalue weighted by Crippen LogP contribution is 2.46. The summed E-state index contributed by atoms with van der Waals surface area (Å²) in [6.07, 6.45) is 0. The van der Waals surface area contributed by atoms with Crippen LogP contribution >= 0.6 is 11.3 Å². The highest BCUT2D eigenvalue weighted by atomic mass is 32.1. The zero-order valence-electron chi connectivity index (χ0n) is 31.3. The third-order valence-corrected chi connectivity index (χ3v) is 13.6. The number of aromatic nitrogens is 1. The number of rotatable bonds is 3. The molecule has 0 saturated heterocycles. The van der Waals surface area contributed by atoms with Crippen molar-refractivity contribution in [2.24, 2.45) is 0 Å². The van der Waals surface area contributed by atoms with Crippen LogP contribution in [0.3, 0.4) is 0 Å². The number of para-hydroxylation sites is 3. The Kier molecular flexibility index (Phi) is 6.14. The smallest absolute Gasteiger partial charge is 0.178 e. The lowest BCUT2D eigenvalue weighted by Crippen LogP contribution is -1.93. The van der Waals surface area contributed by atoms with Crippen LogP contribution in [0.5, 0.6) is 0 Å². The number of benzene rings is 9. The highest BCUT2D eigenvalue weighted by Gasteiger charge is 2.21. The molecule has 0 aliphatic rings. The Morgan fingerprint density at radius 3 is 1.78 bits per heavy atom. The molecule has 14 aromatic rings. The third-order valence-electron chi connectivity index (χ3n) is 12.4. The van der Waals surface area contributed by atoms with E-state index < -0.39 is 0 Å². The van der Waals surface area contributed by atoms with Crippen LogP contribution in [0.15, 0.2) is 189 Å². The van der Waals surface area contributed by atoms with Crippen molar-refractivity contribution < 1.29 is 13.3 Å². The number of furan rings is 3. The van der Waals surface area contributed by atoms with Crippen molar-refractivity contribution in [3.63, 3.8) is 0 Å². The summed E-state index contributed by atoms with van der Waals surface area (Å²) >= 11 is 1.84. The Balaban J connectivity index is 0.920. The molecule has 5 aromatic heterocycles. The van der Waals surface area contributed by atoms with Gasteiger partial charge < -0.3 is 17.8 Å². The van der Waals surface area contributed by atoms with Crippen LogP contribution < -0.4 is 0 Å². The summed E-state index contributed by atoms with van der Waals surface area (Å²) < 4.78 is 25.2. The lowest BCUT2D eigenvalue weighted by Gasteiger charge is -2.07. The van der Waals surface area contributed by atoms with E-state index in [1.165, 1.54) is 47.5 Å². The molecule has 0 aliphatic carbocycles. The molecule has 0 bridgehead atoms. The first kappa shape index (κ1) is 31.5. The Hall–Kier alpha value is -7.60. The van der Waals surface area contributed by atoms with Gasteiger partial charge in [-0.15, -0.1) is 11.3 Å². The fraction of sp³-hybridized carbons (Fsp3) is 0. The molecule has 274 valence electrons. The molecule has 0 atom stereocenters. The lowest BCUT2D eigenvalue weighted by molar-refractivity contribution is 0.633.